The van der Waals surface area contributed by atoms with Crippen LogP contribution in [0.4, 0.5) is 0 Å². The van der Waals surface area contributed by atoms with E-state index >= 15 is 0 Å². The molecule has 4 nitrogen and oxygen atoms in total. The molecule has 1 unspecified atom stereocenters. The van der Waals surface area contributed by atoms with Crippen LogP contribution in [0, 0.1) is 11.3 Å². The number of esters is 2. The molecule has 4 heteroatoms. The molecule has 0 aromatic carbocycles. The summed E-state index contributed by atoms with van der Waals surface area (Å²) in [6.07, 6.45) is 20.6. The van der Waals surface area contributed by atoms with Crippen LogP contribution in [0.15, 0.2) is 0 Å². The third-order valence-electron chi connectivity index (χ3n) is 7.08. The van der Waals surface area contributed by atoms with Gasteiger partial charge in [0.25, 0.3) is 0 Å². The fraction of sp³-hybridized carbons (Fsp3) is 0.929. The number of rotatable bonds is 19. The van der Waals surface area contributed by atoms with Crippen LogP contribution in [0.25, 0.3) is 0 Å². The molecule has 0 spiro atoms. The van der Waals surface area contributed by atoms with Gasteiger partial charge in [0.1, 0.15) is 0 Å². The van der Waals surface area contributed by atoms with Gasteiger partial charge in [-0.1, -0.05) is 111 Å². The lowest BCUT2D eigenvalue weighted by atomic mass is 9.74. The van der Waals surface area contributed by atoms with Gasteiger partial charge in [0.2, 0.25) is 0 Å². The molecule has 1 fully saturated rings. The predicted molar refractivity (Wildman–Crippen MR) is 133 cm³/mol. The molecule has 1 rings (SSSR count). The Morgan fingerprint density at radius 2 is 1.22 bits per heavy atom. The number of carbonyl (C=O) groups is 2. The van der Waals surface area contributed by atoms with Crippen molar-refractivity contribution in [2.24, 2.45) is 11.3 Å². The molecule has 188 valence electrons. The molecule has 0 aromatic heterocycles. The van der Waals surface area contributed by atoms with Crippen LogP contribution in [0.3, 0.4) is 0 Å². The monoisotopic (exact) mass is 452 g/mol. The lowest BCUT2D eigenvalue weighted by Gasteiger charge is -2.33. The third-order valence-corrected chi connectivity index (χ3v) is 7.08. The number of hydrogen-bond donors (Lipinski definition) is 0. The van der Waals surface area contributed by atoms with Gasteiger partial charge >= 0.3 is 11.9 Å². The van der Waals surface area contributed by atoms with E-state index in [0.717, 1.165) is 51.4 Å². The Morgan fingerprint density at radius 3 is 1.84 bits per heavy atom. The molecule has 0 heterocycles. The molecule has 0 amide bonds. The average molecular weight is 453 g/mol. The van der Waals surface area contributed by atoms with Gasteiger partial charge in [-0.05, 0) is 38.0 Å². The summed E-state index contributed by atoms with van der Waals surface area (Å²) in [6.45, 7) is 7.50. The minimum absolute atomic E-state index is 0.324. The van der Waals surface area contributed by atoms with Gasteiger partial charge in [-0.25, -0.2) is 0 Å². The summed E-state index contributed by atoms with van der Waals surface area (Å²) in [4.78, 5) is 26.2. The minimum Gasteiger partial charge on any atom is -0.465 e. The Hall–Kier alpha value is -1.06. The standard InChI is InChI=1S/C28H52O4/c1-4-7-9-10-11-12-13-18-23-31-26(29)28(21-16-14-17-22-28)27(30)32-24-25(19-6-3)20-15-8-5-2/h25H,4-24H2,1-3H3. The van der Waals surface area contributed by atoms with Crippen LogP contribution in [0.5, 0.6) is 0 Å². The van der Waals surface area contributed by atoms with Gasteiger partial charge in [0.15, 0.2) is 5.41 Å². The molecule has 1 atom stereocenters. The summed E-state index contributed by atoms with van der Waals surface area (Å²) >= 11 is 0. The molecule has 0 aromatic rings. The normalized spacial score (nSPS) is 16.5. The molecule has 0 aliphatic heterocycles. The zero-order chi connectivity index (χ0) is 23.5. The lowest BCUT2D eigenvalue weighted by molar-refractivity contribution is -0.176. The second kappa shape index (κ2) is 18.4. The van der Waals surface area contributed by atoms with Crippen LogP contribution in [0.1, 0.15) is 143 Å². The molecule has 32 heavy (non-hydrogen) atoms. The summed E-state index contributed by atoms with van der Waals surface area (Å²) in [5.41, 5.74) is -1.06. The summed E-state index contributed by atoms with van der Waals surface area (Å²) in [7, 11) is 0. The zero-order valence-corrected chi connectivity index (χ0v) is 21.6. The number of hydrogen-bond acceptors (Lipinski definition) is 4. The second-order valence-electron chi connectivity index (χ2n) is 10.0. The van der Waals surface area contributed by atoms with E-state index in [-0.39, 0.29) is 11.9 Å². The van der Waals surface area contributed by atoms with Crippen molar-refractivity contribution in [3.8, 4) is 0 Å². The SMILES string of the molecule is CCCCCCCCCCOC(=O)C1(C(=O)OCC(CCC)CCCCC)CCCCC1. The van der Waals surface area contributed by atoms with Crippen molar-refractivity contribution in [3.05, 3.63) is 0 Å². The Kier molecular flexibility index (Phi) is 16.6. The third kappa shape index (κ3) is 11.2. The summed E-state index contributed by atoms with van der Waals surface area (Å²) in [5.74, 6) is -0.248. The van der Waals surface area contributed by atoms with E-state index in [9.17, 15) is 9.59 Å². The van der Waals surface area contributed by atoms with Crippen LogP contribution in [-0.4, -0.2) is 25.2 Å². The van der Waals surface area contributed by atoms with Crippen LogP contribution < -0.4 is 0 Å². The van der Waals surface area contributed by atoms with Crippen LogP contribution in [-0.2, 0) is 19.1 Å². The van der Waals surface area contributed by atoms with Gasteiger partial charge in [0, 0.05) is 0 Å². The average Bonchev–Trinajstić information content (AvgIpc) is 2.81. The maximum absolute atomic E-state index is 13.1. The summed E-state index contributed by atoms with van der Waals surface area (Å²) in [5, 5.41) is 0. The largest absolute Gasteiger partial charge is 0.465 e. The first kappa shape index (κ1) is 29.0. The molecule has 1 saturated carbocycles. The van der Waals surface area contributed by atoms with E-state index in [1.54, 1.807) is 0 Å². The molecule has 0 saturated heterocycles. The van der Waals surface area contributed by atoms with Crippen LogP contribution in [0.2, 0.25) is 0 Å². The lowest BCUT2D eigenvalue weighted by Crippen LogP contribution is -2.44. The number of ether oxygens (including phenoxy) is 2. The van der Waals surface area contributed by atoms with Crippen molar-refractivity contribution in [2.45, 2.75) is 143 Å². The van der Waals surface area contributed by atoms with Crippen molar-refractivity contribution < 1.29 is 19.1 Å². The molecule has 1 aliphatic rings. The Labute approximate surface area is 198 Å². The quantitative estimate of drug-likeness (QED) is 0.113. The van der Waals surface area contributed by atoms with Crippen molar-refractivity contribution in [1.82, 2.24) is 0 Å². The predicted octanol–water partition coefficient (Wildman–Crippen LogP) is 8.16. The van der Waals surface area contributed by atoms with E-state index < -0.39 is 5.41 Å². The highest BCUT2D eigenvalue weighted by molar-refractivity contribution is 6.00. The minimum atomic E-state index is -1.06. The van der Waals surface area contributed by atoms with E-state index in [0.29, 0.717) is 32.0 Å². The number of carbonyl (C=O) groups excluding carboxylic acids is 2. The maximum atomic E-state index is 13.1. The van der Waals surface area contributed by atoms with Gasteiger partial charge < -0.3 is 9.47 Å². The van der Waals surface area contributed by atoms with Gasteiger partial charge in [-0.15, -0.1) is 0 Å². The molecule has 0 N–H and O–H groups in total. The zero-order valence-electron chi connectivity index (χ0n) is 21.6. The molecule has 1 aliphatic carbocycles. The highest BCUT2D eigenvalue weighted by Crippen LogP contribution is 2.39. The molecule has 0 radical (unpaired) electrons. The van der Waals surface area contributed by atoms with E-state index in [4.69, 9.17) is 9.47 Å². The highest BCUT2D eigenvalue weighted by Gasteiger charge is 2.49. The van der Waals surface area contributed by atoms with Crippen molar-refractivity contribution in [2.75, 3.05) is 13.2 Å². The van der Waals surface area contributed by atoms with E-state index in [2.05, 4.69) is 20.8 Å². The Balaban J connectivity index is 2.46. The van der Waals surface area contributed by atoms with Crippen LogP contribution >= 0.6 is 0 Å². The smallest absolute Gasteiger partial charge is 0.323 e. The second-order valence-corrected chi connectivity index (χ2v) is 10.0. The van der Waals surface area contributed by atoms with Gasteiger partial charge in [-0.2, -0.15) is 0 Å². The summed E-state index contributed by atoms with van der Waals surface area (Å²) < 4.78 is 11.4. The van der Waals surface area contributed by atoms with Crippen molar-refractivity contribution >= 4 is 11.9 Å². The van der Waals surface area contributed by atoms with Gasteiger partial charge in [0.05, 0.1) is 13.2 Å². The molecular weight excluding hydrogens is 400 g/mol. The van der Waals surface area contributed by atoms with E-state index in [1.165, 1.54) is 57.8 Å². The maximum Gasteiger partial charge on any atom is 0.323 e. The first-order valence-corrected chi connectivity index (χ1v) is 13.9. The van der Waals surface area contributed by atoms with Gasteiger partial charge in [-0.3, -0.25) is 9.59 Å². The first-order valence-electron chi connectivity index (χ1n) is 13.9. The molecular formula is C28H52O4. The highest BCUT2D eigenvalue weighted by atomic mass is 16.6. The summed E-state index contributed by atoms with van der Waals surface area (Å²) in [6, 6.07) is 0. The molecule has 0 bridgehead atoms. The first-order chi connectivity index (χ1) is 15.6. The van der Waals surface area contributed by atoms with Crippen molar-refractivity contribution in [1.29, 1.82) is 0 Å². The Bertz CT molecular complexity index is 482. The topological polar surface area (TPSA) is 52.6 Å². The fourth-order valence-corrected chi connectivity index (χ4v) is 4.92. The van der Waals surface area contributed by atoms with Crippen molar-refractivity contribution in [3.63, 3.8) is 0 Å². The van der Waals surface area contributed by atoms with E-state index in [1.807, 2.05) is 0 Å². The fourth-order valence-electron chi connectivity index (χ4n) is 4.92. The Morgan fingerprint density at radius 1 is 0.656 bits per heavy atom. The number of unbranched alkanes of at least 4 members (excludes halogenated alkanes) is 9.